The molecule has 0 heterocycles. The molecule has 0 saturated heterocycles. The van der Waals surface area contributed by atoms with Gasteiger partial charge in [0, 0.05) is 6.54 Å². The molecular weight excluding hydrogens is 396 g/mol. The molecule has 1 amide bonds. The van der Waals surface area contributed by atoms with Crippen LogP contribution in [0.5, 0.6) is 0 Å². The third-order valence-electron chi connectivity index (χ3n) is 5.14. The molecule has 0 spiro atoms. The van der Waals surface area contributed by atoms with Crippen LogP contribution in [-0.2, 0) is 21.2 Å². The molecule has 2 aromatic rings. The van der Waals surface area contributed by atoms with Crippen LogP contribution in [0.1, 0.15) is 55.4 Å². The maximum absolute atomic E-state index is 12.7. The number of amides is 1. The van der Waals surface area contributed by atoms with Crippen molar-refractivity contribution >= 4 is 21.6 Å². The van der Waals surface area contributed by atoms with Crippen molar-refractivity contribution in [1.29, 1.82) is 0 Å². The smallest absolute Gasteiger partial charge is 0.243 e. The highest BCUT2D eigenvalue weighted by molar-refractivity contribution is 7.92. The first kappa shape index (κ1) is 23.9. The average molecular weight is 431 g/mol. The van der Waals surface area contributed by atoms with E-state index < -0.39 is 16.1 Å². The largest absolute Gasteiger partial charge is 0.354 e. The van der Waals surface area contributed by atoms with Gasteiger partial charge in [0.2, 0.25) is 15.9 Å². The van der Waals surface area contributed by atoms with Crippen molar-refractivity contribution in [3.8, 4) is 0 Å². The number of hydrogen-bond acceptors (Lipinski definition) is 3. The lowest BCUT2D eigenvalue weighted by molar-refractivity contribution is -0.121. The fourth-order valence-corrected chi connectivity index (χ4v) is 4.77. The number of rotatable bonds is 9. The lowest BCUT2D eigenvalue weighted by atomic mass is 10.0. The predicted molar refractivity (Wildman–Crippen MR) is 125 cm³/mol. The molecule has 2 aromatic carbocycles. The summed E-state index contributed by atoms with van der Waals surface area (Å²) in [5.41, 5.74) is 4.97. The Bertz CT molecular complexity index is 946. The number of benzene rings is 2. The first-order chi connectivity index (χ1) is 14.0. The van der Waals surface area contributed by atoms with Crippen LogP contribution in [-0.4, -0.2) is 33.2 Å². The molecule has 0 radical (unpaired) electrons. The van der Waals surface area contributed by atoms with Crippen molar-refractivity contribution in [2.45, 2.75) is 59.4 Å². The normalized spacial score (nSPS) is 12.6. The zero-order valence-corrected chi connectivity index (χ0v) is 19.7. The Hall–Kier alpha value is -2.34. The van der Waals surface area contributed by atoms with Crippen molar-refractivity contribution in [3.05, 3.63) is 64.7 Å². The fourth-order valence-electron chi connectivity index (χ4n) is 3.61. The quantitative estimate of drug-likeness (QED) is 0.602. The van der Waals surface area contributed by atoms with Gasteiger partial charge in [0.25, 0.3) is 0 Å². The topological polar surface area (TPSA) is 66.5 Å². The van der Waals surface area contributed by atoms with Crippen LogP contribution >= 0.6 is 0 Å². The van der Waals surface area contributed by atoms with Gasteiger partial charge >= 0.3 is 0 Å². The number of nitrogens with one attached hydrogen (secondary N) is 1. The number of carbonyl (C=O) groups is 1. The van der Waals surface area contributed by atoms with Gasteiger partial charge < -0.3 is 5.32 Å². The van der Waals surface area contributed by atoms with Crippen LogP contribution in [0.15, 0.2) is 42.5 Å². The molecule has 164 valence electrons. The molecule has 0 aliphatic rings. The summed E-state index contributed by atoms with van der Waals surface area (Å²) in [7, 11) is -3.61. The van der Waals surface area contributed by atoms with E-state index >= 15 is 0 Å². The molecule has 6 heteroatoms. The van der Waals surface area contributed by atoms with Crippen LogP contribution in [0.2, 0.25) is 0 Å². The van der Waals surface area contributed by atoms with Crippen molar-refractivity contribution < 1.29 is 13.2 Å². The maximum atomic E-state index is 12.7. The maximum Gasteiger partial charge on any atom is 0.243 e. The van der Waals surface area contributed by atoms with Crippen molar-refractivity contribution in [2.24, 2.45) is 0 Å². The average Bonchev–Trinajstić information content (AvgIpc) is 2.63. The SMILES string of the molecule is Cc1cc(C)cc(N([C@H](C)C(=O)NCCCc2ccc(C(C)C)cc2)S(C)(=O)=O)c1. The van der Waals surface area contributed by atoms with Gasteiger partial charge in [-0.3, -0.25) is 9.10 Å². The zero-order chi connectivity index (χ0) is 22.5. The summed E-state index contributed by atoms with van der Waals surface area (Å²) in [6.07, 6.45) is 2.79. The standard InChI is InChI=1S/C24H34N2O3S/c1-17(2)22-11-9-21(10-12-22)8-7-13-25-24(27)20(5)26(30(6,28)29)23-15-18(3)14-19(4)16-23/h9-12,14-17,20H,7-8,13H2,1-6H3,(H,25,27)/t20-/m1/s1. The van der Waals surface area contributed by atoms with Crippen molar-refractivity contribution in [2.75, 3.05) is 17.1 Å². The zero-order valence-electron chi connectivity index (χ0n) is 18.9. The van der Waals surface area contributed by atoms with E-state index in [1.165, 1.54) is 15.4 Å². The minimum atomic E-state index is -3.61. The molecule has 1 atom stereocenters. The van der Waals surface area contributed by atoms with Crippen LogP contribution in [0.4, 0.5) is 5.69 Å². The second-order valence-electron chi connectivity index (χ2n) is 8.37. The monoisotopic (exact) mass is 430 g/mol. The molecule has 5 nitrogen and oxygen atoms in total. The molecular formula is C24H34N2O3S. The Morgan fingerprint density at radius 2 is 1.57 bits per heavy atom. The Labute approximate surface area is 181 Å². The molecule has 0 saturated carbocycles. The predicted octanol–water partition coefficient (Wildman–Crippen LogP) is 4.33. The van der Waals surface area contributed by atoms with E-state index in [0.717, 1.165) is 30.2 Å². The number of sulfonamides is 1. The lowest BCUT2D eigenvalue weighted by Crippen LogP contribution is -2.48. The van der Waals surface area contributed by atoms with Gasteiger partial charge in [-0.2, -0.15) is 0 Å². The minimum Gasteiger partial charge on any atom is -0.354 e. The Kier molecular flexibility index (Phi) is 8.07. The van der Waals surface area contributed by atoms with Crippen LogP contribution < -0.4 is 9.62 Å². The fraction of sp³-hybridized carbons (Fsp3) is 0.458. The number of hydrogen-bond donors (Lipinski definition) is 1. The summed E-state index contributed by atoms with van der Waals surface area (Å²) in [6, 6.07) is 13.3. The summed E-state index contributed by atoms with van der Waals surface area (Å²) in [5, 5.41) is 2.89. The molecule has 0 aromatic heterocycles. The highest BCUT2D eigenvalue weighted by atomic mass is 32.2. The summed E-state index contributed by atoms with van der Waals surface area (Å²) in [4.78, 5) is 12.7. The van der Waals surface area contributed by atoms with Gasteiger partial charge in [0.05, 0.1) is 11.9 Å². The number of nitrogens with zero attached hydrogens (tertiary/aromatic N) is 1. The second-order valence-corrected chi connectivity index (χ2v) is 10.2. The van der Waals surface area contributed by atoms with Gasteiger partial charge in [-0.15, -0.1) is 0 Å². The van der Waals surface area contributed by atoms with E-state index in [9.17, 15) is 13.2 Å². The van der Waals surface area contributed by atoms with E-state index in [1.807, 2.05) is 19.9 Å². The molecule has 0 bridgehead atoms. The van der Waals surface area contributed by atoms with E-state index in [-0.39, 0.29) is 5.91 Å². The van der Waals surface area contributed by atoms with E-state index in [1.54, 1.807) is 19.1 Å². The van der Waals surface area contributed by atoms with Gasteiger partial charge in [-0.1, -0.05) is 44.2 Å². The summed E-state index contributed by atoms with van der Waals surface area (Å²) in [6.45, 7) is 10.3. The minimum absolute atomic E-state index is 0.297. The molecule has 0 fully saturated rings. The molecule has 0 unspecified atom stereocenters. The summed E-state index contributed by atoms with van der Waals surface area (Å²) in [5.74, 6) is 0.213. The van der Waals surface area contributed by atoms with Crippen molar-refractivity contribution in [1.82, 2.24) is 5.32 Å². The van der Waals surface area contributed by atoms with Crippen LogP contribution in [0.3, 0.4) is 0 Å². The molecule has 0 aliphatic heterocycles. The van der Waals surface area contributed by atoms with Gasteiger partial charge in [0.15, 0.2) is 0 Å². The summed E-state index contributed by atoms with van der Waals surface area (Å²) < 4.78 is 26.1. The molecule has 1 N–H and O–H groups in total. The van der Waals surface area contributed by atoms with Gasteiger partial charge in [-0.25, -0.2) is 8.42 Å². The third kappa shape index (κ3) is 6.59. The third-order valence-corrected chi connectivity index (χ3v) is 6.38. The highest BCUT2D eigenvalue weighted by Crippen LogP contribution is 2.24. The Balaban J connectivity index is 1.98. The van der Waals surface area contributed by atoms with E-state index in [2.05, 4.69) is 43.4 Å². The van der Waals surface area contributed by atoms with Crippen molar-refractivity contribution in [3.63, 3.8) is 0 Å². The first-order valence-corrected chi connectivity index (χ1v) is 12.3. The Morgan fingerprint density at radius 1 is 1.00 bits per heavy atom. The molecule has 2 rings (SSSR count). The second kappa shape index (κ2) is 10.1. The number of carbonyl (C=O) groups excluding carboxylic acids is 1. The molecule has 30 heavy (non-hydrogen) atoms. The van der Waals surface area contributed by atoms with Crippen LogP contribution in [0, 0.1) is 13.8 Å². The number of anilines is 1. The first-order valence-electron chi connectivity index (χ1n) is 10.4. The van der Waals surface area contributed by atoms with Gasteiger partial charge in [-0.05, 0) is 73.9 Å². The van der Waals surface area contributed by atoms with Gasteiger partial charge in [0.1, 0.15) is 6.04 Å². The Morgan fingerprint density at radius 3 is 2.07 bits per heavy atom. The highest BCUT2D eigenvalue weighted by Gasteiger charge is 2.29. The van der Waals surface area contributed by atoms with E-state index in [4.69, 9.17) is 0 Å². The lowest BCUT2D eigenvalue weighted by Gasteiger charge is -2.28. The van der Waals surface area contributed by atoms with Crippen LogP contribution in [0.25, 0.3) is 0 Å². The number of aryl methyl sites for hydroxylation is 3. The van der Waals surface area contributed by atoms with E-state index in [0.29, 0.717) is 18.2 Å². The molecule has 0 aliphatic carbocycles. The summed E-state index contributed by atoms with van der Waals surface area (Å²) >= 11 is 0.